The van der Waals surface area contributed by atoms with Crippen molar-refractivity contribution >= 4 is 27.5 Å². The van der Waals surface area contributed by atoms with E-state index in [0.717, 1.165) is 39.1 Å². The second-order valence-electron chi connectivity index (χ2n) is 7.73. The van der Waals surface area contributed by atoms with Crippen LogP contribution in [0.3, 0.4) is 0 Å². The van der Waals surface area contributed by atoms with Crippen LogP contribution < -0.4 is 10.2 Å². The molecule has 1 amide bonds. The van der Waals surface area contributed by atoms with Crippen molar-refractivity contribution in [2.75, 3.05) is 58.3 Å². The molecule has 0 aliphatic carbocycles. The summed E-state index contributed by atoms with van der Waals surface area (Å²) >= 11 is 3.26. The zero-order valence-electron chi connectivity index (χ0n) is 16.4. The largest absolute Gasteiger partial charge is 0.444 e. The van der Waals surface area contributed by atoms with Crippen LogP contribution in [0.15, 0.2) is 39.4 Å². The number of hydrogen-bond donors (Lipinski definition) is 1. The first kappa shape index (κ1) is 19.5. The van der Waals surface area contributed by atoms with Crippen LogP contribution >= 0.6 is 15.9 Å². The summed E-state index contributed by atoms with van der Waals surface area (Å²) in [6, 6.07) is 10.4. The summed E-state index contributed by atoms with van der Waals surface area (Å²) in [4.78, 5) is 19.6. The minimum absolute atomic E-state index is 0.159. The fourth-order valence-electron chi connectivity index (χ4n) is 4.10. The number of anilines is 1. The number of rotatable bonds is 5. The Morgan fingerprint density at radius 1 is 1.14 bits per heavy atom. The molecular formula is C21H27BrN4O2. The fourth-order valence-corrected chi connectivity index (χ4v) is 4.40. The van der Waals surface area contributed by atoms with E-state index in [1.54, 1.807) is 12.1 Å². The van der Waals surface area contributed by atoms with Gasteiger partial charge >= 0.3 is 0 Å². The summed E-state index contributed by atoms with van der Waals surface area (Å²) in [6.45, 7) is 5.73. The lowest BCUT2D eigenvalue weighted by Crippen LogP contribution is -2.48. The van der Waals surface area contributed by atoms with Gasteiger partial charge in [0.2, 0.25) is 0 Å². The van der Waals surface area contributed by atoms with Gasteiger partial charge in [-0.3, -0.25) is 9.69 Å². The quantitative estimate of drug-likeness (QED) is 0.764. The Labute approximate surface area is 174 Å². The average Bonchev–Trinajstić information content (AvgIpc) is 3.29. The highest BCUT2D eigenvalue weighted by Gasteiger charge is 2.26. The van der Waals surface area contributed by atoms with Gasteiger partial charge in [-0.2, -0.15) is 0 Å². The molecule has 4 rings (SSSR count). The molecule has 1 saturated heterocycles. The molecule has 0 saturated carbocycles. The topological polar surface area (TPSA) is 52.0 Å². The molecule has 2 aromatic rings. The maximum atomic E-state index is 12.5. The number of carbonyl (C=O) groups excluding carboxylic acids is 1. The number of hydrogen-bond acceptors (Lipinski definition) is 5. The predicted molar refractivity (Wildman–Crippen MR) is 114 cm³/mol. The van der Waals surface area contributed by atoms with E-state index in [-0.39, 0.29) is 11.9 Å². The van der Waals surface area contributed by atoms with Crippen molar-refractivity contribution in [2.24, 2.45) is 0 Å². The number of fused-ring (bicyclic) bond motifs is 1. The van der Waals surface area contributed by atoms with Crippen LogP contribution in [-0.4, -0.2) is 69.1 Å². The molecule has 1 aromatic carbocycles. The van der Waals surface area contributed by atoms with Gasteiger partial charge in [-0.1, -0.05) is 12.1 Å². The zero-order valence-corrected chi connectivity index (χ0v) is 18.0. The van der Waals surface area contributed by atoms with Crippen molar-refractivity contribution in [2.45, 2.75) is 12.5 Å². The summed E-state index contributed by atoms with van der Waals surface area (Å²) in [5.41, 5.74) is 4.00. The molecule has 150 valence electrons. The van der Waals surface area contributed by atoms with Crippen LogP contribution in [-0.2, 0) is 6.42 Å². The van der Waals surface area contributed by atoms with Crippen molar-refractivity contribution in [3.05, 3.63) is 51.9 Å². The van der Waals surface area contributed by atoms with Crippen molar-refractivity contribution in [3.63, 3.8) is 0 Å². The normalized spacial score (nSPS) is 18.9. The Morgan fingerprint density at radius 3 is 2.64 bits per heavy atom. The number of nitrogens with zero attached hydrogens (tertiary/aromatic N) is 3. The van der Waals surface area contributed by atoms with Gasteiger partial charge in [0.1, 0.15) is 0 Å². The lowest BCUT2D eigenvalue weighted by molar-refractivity contribution is 0.0862. The Bertz CT molecular complexity index is 845. The third kappa shape index (κ3) is 4.11. The van der Waals surface area contributed by atoms with Crippen molar-refractivity contribution in [1.82, 2.24) is 15.1 Å². The molecule has 0 radical (unpaired) electrons. The van der Waals surface area contributed by atoms with Crippen LogP contribution in [0.4, 0.5) is 5.69 Å². The van der Waals surface area contributed by atoms with Crippen LogP contribution in [0.25, 0.3) is 0 Å². The zero-order chi connectivity index (χ0) is 19.7. The summed E-state index contributed by atoms with van der Waals surface area (Å²) in [5, 5.41) is 3.08. The van der Waals surface area contributed by atoms with Gasteiger partial charge in [0.15, 0.2) is 10.4 Å². The monoisotopic (exact) mass is 446 g/mol. The maximum absolute atomic E-state index is 12.5. The fraction of sp³-hybridized carbons (Fsp3) is 0.476. The highest BCUT2D eigenvalue weighted by atomic mass is 79.9. The van der Waals surface area contributed by atoms with Crippen molar-refractivity contribution < 1.29 is 9.21 Å². The van der Waals surface area contributed by atoms with Crippen molar-refractivity contribution in [3.8, 4) is 0 Å². The SMILES string of the molecule is CN1CCN([C@@H](CNC(=O)c2ccc(Br)o2)c2ccc3c(c2)CCN3C)CC1. The van der Waals surface area contributed by atoms with Gasteiger partial charge in [-0.05, 0) is 58.7 Å². The van der Waals surface area contributed by atoms with Gasteiger partial charge in [0, 0.05) is 52.0 Å². The van der Waals surface area contributed by atoms with Gasteiger partial charge in [0.25, 0.3) is 5.91 Å². The van der Waals surface area contributed by atoms with Gasteiger partial charge in [0.05, 0.1) is 6.04 Å². The summed E-state index contributed by atoms with van der Waals surface area (Å²) in [5.74, 6) is 0.158. The summed E-state index contributed by atoms with van der Waals surface area (Å²) in [7, 11) is 4.30. The van der Waals surface area contributed by atoms with E-state index >= 15 is 0 Å². The molecule has 1 fully saturated rings. The van der Waals surface area contributed by atoms with Gasteiger partial charge in [-0.25, -0.2) is 0 Å². The molecule has 1 aromatic heterocycles. The van der Waals surface area contributed by atoms with E-state index in [9.17, 15) is 4.79 Å². The number of furan rings is 1. The minimum atomic E-state index is -0.175. The van der Waals surface area contributed by atoms with Crippen LogP contribution in [0.2, 0.25) is 0 Å². The first-order chi connectivity index (χ1) is 13.5. The molecule has 0 unspecified atom stereocenters. The molecule has 2 aliphatic rings. The van der Waals surface area contributed by atoms with Crippen LogP contribution in [0, 0.1) is 0 Å². The highest BCUT2D eigenvalue weighted by Crippen LogP contribution is 2.31. The third-order valence-corrected chi connectivity index (χ3v) is 6.27. The van der Waals surface area contributed by atoms with Gasteiger partial charge in [-0.15, -0.1) is 0 Å². The number of benzene rings is 1. The first-order valence-electron chi connectivity index (χ1n) is 9.81. The van der Waals surface area contributed by atoms with E-state index in [1.165, 1.54) is 16.8 Å². The number of halogens is 1. The van der Waals surface area contributed by atoms with E-state index in [4.69, 9.17) is 4.42 Å². The number of nitrogens with one attached hydrogen (secondary N) is 1. The molecule has 0 spiro atoms. The van der Waals surface area contributed by atoms with Gasteiger partial charge < -0.3 is 19.5 Å². The molecule has 7 heteroatoms. The Morgan fingerprint density at radius 2 is 1.93 bits per heavy atom. The first-order valence-corrected chi connectivity index (χ1v) is 10.6. The highest BCUT2D eigenvalue weighted by molar-refractivity contribution is 9.10. The third-order valence-electron chi connectivity index (χ3n) is 5.85. The minimum Gasteiger partial charge on any atom is -0.444 e. The van der Waals surface area contributed by atoms with E-state index in [1.807, 2.05) is 0 Å². The molecule has 1 N–H and O–H groups in total. The lowest BCUT2D eigenvalue weighted by Gasteiger charge is -2.38. The second-order valence-corrected chi connectivity index (χ2v) is 8.51. The maximum Gasteiger partial charge on any atom is 0.287 e. The molecule has 28 heavy (non-hydrogen) atoms. The lowest BCUT2D eigenvalue weighted by atomic mass is 10.00. The van der Waals surface area contributed by atoms with E-state index in [0.29, 0.717) is 17.0 Å². The summed E-state index contributed by atoms with van der Waals surface area (Å²) in [6.07, 6.45) is 1.09. The van der Waals surface area contributed by atoms with E-state index < -0.39 is 0 Å². The Hall–Kier alpha value is -1.83. The average molecular weight is 447 g/mol. The van der Waals surface area contributed by atoms with Crippen LogP contribution in [0.1, 0.15) is 27.7 Å². The Balaban J connectivity index is 1.53. The number of carbonyl (C=O) groups is 1. The Kier molecular flexibility index (Phi) is 5.75. The molecule has 2 aliphatic heterocycles. The number of amides is 1. The molecule has 3 heterocycles. The molecular weight excluding hydrogens is 420 g/mol. The molecule has 6 nitrogen and oxygen atoms in total. The van der Waals surface area contributed by atoms with Crippen LogP contribution in [0.5, 0.6) is 0 Å². The summed E-state index contributed by atoms with van der Waals surface area (Å²) < 4.78 is 5.96. The standard InChI is InChI=1S/C21H27BrN4O2/c1-24-9-11-26(12-10-24)18(14-23-21(27)19-5-6-20(22)28-19)15-3-4-17-16(13-15)7-8-25(17)2/h3-6,13,18H,7-12,14H2,1-2H3,(H,23,27)/t18-/m0/s1. The van der Waals surface area contributed by atoms with Crippen molar-refractivity contribution in [1.29, 1.82) is 0 Å². The predicted octanol–water partition coefficient (Wildman–Crippen LogP) is 2.75. The number of likely N-dealkylation sites (N-methyl/N-ethyl adjacent to an activating group) is 2. The second kappa shape index (κ2) is 8.27. The van der Waals surface area contributed by atoms with E-state index in [2.05, 4.69) is 68.2 Å². The smallest absolute Gasteiger partial charge is 0.287 e. The molecule has 0 bridgehead atoms. The molecule has 1 atom stereocenters. The number of piperazine rings is 1.